The van der Waals surface area contributed by atoms with Crippen LogP contribution in [0.5, 0.6) is 0 Å². The van der Waals surface area contributed by atoms with Crippen LogP contribution in [0, 0.1) is 11.8 Å². The van der Waals surface area contributed by atoms with Crippen LogP contribution in [0.25, 0.3) is 10.9 Å². The summed E-state index contributed by atoms with van der Waals surface area (Å²) >= 11 is 0. The lowest BCUT2D eigenvalue weighted by atomic mass is 9.75. The van der Waals surface area contributed by atoms with Gasteiger partial charge in [-0.05, 0) is 42.9 Å². The number of allylic oxidation sites excluding steroid dienone is 1. The van der Waals surface area contributed by atoms with Crippen molar-refractivity contribution in [3.05, 3.63) is 47.2 Å². The molecule has 2 aliphatic rings. The first-order chi connectivity index (χ1) is 12.7. The van der Waals surface area contributed by atoms with E-state index in [4.69, 9.17) is 4.74 Å². The molecule has 3 unspecified atom stereocenters. The number of nitrogens with zero attached hydrogens (tertiary/aromatic N) is 1. The molecule has 26 heavy (non-hydrogen) atoms. The summed E-state index contributed by atoms with van der Waals surface area (Å²) in [6.45, 7) is 3.54. The zero-order valence-corrected chi connectivity index (χ0v) is 15.4. The average molecular weight is 354 g/mol. The molecule has 0 saturated carbocycles. The topological polar surface area (TPSA) is 65.6 Å². The van der Waals surface area contributed by atoms with Crippen LogP contribution in [0.3, 0.4) is 0 Å². The molecule has 138 valence electrons. The second kappa shape index (κ2) is 6.89. The zero-order valence-electron chi connectivity index (χ0n) is 15.4. The van der Waals surface area contributed by atoms with Crippen molar-refractivity contribution < 1.29 is 14.6 Å². The van der Waals surface area contributed by atoms with Gasteiger partial charge in [0.15, 0.2) is 0 Å². The van der Waals surface area contributed by atoms with Gasteiger partial charge in [0.05, 0.1) is 25.7 Å². The predicted octanol–water partition coefficient (Wildman–Crippen LogP) is 2.81. The Balaban J connectivity index is 1.74. The Morgan fingerprint density at radius 2 is 2.19 bits per heavy atom. The number of fused-ring (bicyclic) bond motifs is 5. The van der Waals surface area contributed by atoms with E-state index in [-0.39, 0.29) is 30.5 Å². The molecule has 2 aliphatic heterocycles. The van der Waals surface area contributed by atoms with Gasteiger partial charge < -0.3 is 14.8 Å². The molecule has 2 N–H and O–H groups in total. The van der Waals surface area contributed by atoms with Crippen molar-refractivity contribution in [3.63, 3.8) is 0 Å². The van der Waals surface area contributed by atoms with Crippen molar-refractivity contribution in [1.29, 1.82) is 0 Å². The number of aliphatic hydroxyl groups is 1. The number of nitrogens with one attached hydrogen (secondary N) is 1. The lowest BCUT2D eigenvalue weighted by molar-refractivity contribution is -0.150. The predicted molar refractivity (Wildman–Crippen MR) is 101 cm³/mol. The molecule has 1 aromatic carbocycles. The van der Waals surface area contributed by atoms with Gasteiger partial charge in [-0.25, -0.2) is 0 Å². The highest BCUT2D eigenvalue weighted by atomic mass is 16.5. The van der Waals surface area contributed by atoms with Gasteiger partial charge in [0.25, 0.3) is 0 Å². The number of hydrogen-bond donors (Lipinski definition) is 2. The summed E-state index contributed by atoms with van der Waals surface area (Å²) in [6, 6.07) is 8.70. The number of ether oxygens (including phenoxy) is 1. The summed E-state index contributed by atoms with van der Waals surface area (Å²) < 4.78 is 5.07. The highest BCUT2D eigenvalue weighted by Crippen LogP contribution is 2.45. The molecular weight excluding hydrogens is 328 g/mol. The van der Waals surface area contributed by atoms with Crippen molar-refractivity contribution in [2.45, 2.75) is 25.8 Å². The van der Waals surface area contributed by atoms with E-state index in [2.05, 4.69) is 34.1 Å². The van der Waals surface area contributed by atoms with E-state index in [0.29, 0.717) is 6.54 Å². The highest BCUT2D eigenvalue weighted by Gasteiger charge is 2.44. The number of esters is 1. The summed E-state index contributed by atoms with van der Waals surface area (Å²) in [5, 5.41) is 11.1. The van der Waals surface area contributed by atoms with Crippen LogP contribution in [0.1, 0.15) is 30.6 Å². The minimum absolute atomic E-state index is 0.0102. The fourth-order valence-electron chi connectivity index (χ4n) is 4.86. The summed E-state index contributed by atoms with van der Waals surface area (Å²) in [5.41, 5.74) is 4.80. The van der Waals surface area contributed by atoms with Gasteiger partial charge >= 0.3 is 5.97 Å². The summed E-state index contributed by atoms with van der Waals surface area (Å²) in [4.78, 5) is 18.4. The normalized spacial score (nSPS) is 26.4. The monoisotopic (exact) mass is 354 g/mol. The molecule has 0 bridgehead atoms. The SMILES string of the molecule is C/C=C(/CO)C1CC2c3[nH]c4ccccc4c3CCN2CC1C(=O)OC. The molecule has 0 amide bonds. The van der Waals surface area contributed by atoms with Gasteiger partial charge in [-0.3, -0.25) is 9.69 Å². The summed E-state index contributed by atoms with van der Waals surface area (Å²) in [7, 11) is 1.45. The van der Waals surface area contributed by atoms with E-state index in [1.54, 1.807) is 0 Å². The third-order valence-corrected chi connectivity index (χ3v) is 6.20. The van der Waals surface area contributed by atoms with Gasteiger partial charge in [-0.15, -0.1) is 0 Å². The number of piperidine rings is 1. The van der Waals surface area contributed by atoms with Crippen LogP contribution in [-0.2, 0) is 16.0 Å². The Hall–Kier alpha value is -2.11. The number of benzene rings is 1. The van der Waals surface area contributed by atoms with Gasteiger partial charge in [0.2, 0.25) is 0 Å². The Morgan fingerprint density at radius 3 is 2.92 bits per heavy atom. The van der Waals surface area contributed by atoms with Crippen LogP contribution in [0.15, 0.2) is 35.9 Å². The van der Waals surface area contributed by atoms with Crippen molar-refractivity contribution in [2.75, 3.05) is 26.8 Å². The number of aliphatic hydroxyl groups excluding tert-OH is 1. The van der Waals surface area contributed by atoms with Gasteiger partial charge in [-0.2, -0.15) is 0 Å². The number of rotatable bonds is 3. The lowest BCUT2D eigenvalue weighted by Crippen LogP contribution is -2.49. The molecule has 4 rings (SSSR count). The lowest BCUT2D eigenvalue weighted by Gasteiger charge is -2.45. The molecule has 1 aromatic heterocycles. The first-order valence-electron chi connectivity index (χ1n) is 9.35. The molecule has 5 heteroatoms. The smallest absolute Gasteiger partial charge is 0.310 e. The maximum atomic E-state index is 12.4. The molecule has 3 heterocycles. The van der Waals surface area contributed by atoms with E-state index in [9.17, 15) is 9.90 Å². The molecule has 1 fully saturated rings. The van der Waals surface area contributed by atoms with E-state index in [1.165, 1.54) is 29.3 Å². The van der Waals surface area contributed by atoms with Gasteiger partial charge in [-0.1, -0.05) is 24.3 Å². The Labute approximate surface area is 153 Å². The summed E-state index contributed by atoms with van der Waals surface area (Å²) in [5.74, 6) is -0.389. The molecule has 3 atom stereocenters. The quantitative estimate of drug-likeness (QED) is 0.657. The molecule has 2 aromatic rings. The number of aromatic nitrogens is 1. The second-order valence-electron chi connectivity index (χ2n) is 7.32. The van der Waals surface area contributed by atoms with Crippen molar-refractivity contribution in [3.8, 4) is 0 Å². The molecule has 0 radical (unpaired) electrons. The van der Waals surface area contributed by atoms with Crippen molar-refractivity contribution >= 4 is 16.9 Å². The van der Waals surface area contributed by atoms with Crippen LogP contribution < -0.4 is 0 Å². The van der Waals surface area contributed by atoms with Crippen LogP contribution in [-0.4, -0.2) is 47.8 Å². The highest BCUT2D eigenvalue weighted by molar-refractivity contribution is 5.85. The maximum absolute atomic E-state index is 12.4. The maximum Gasteiger partial charge on any atom is 0.310 e. The van der Waals surface area contributed by atoms with Crippen LogP contribution >= 0.6 is 0 Å². The summed E-state index contributed by atoms with van der Waals surface area (Å²) in [6.07, 6.45) is 3.76. The standard InChI is InChI=1S/C21H26N2O3/c1-3-13(12-24)16-10-19-20-15(14-6-4-5-7-18(14)22-20)8-9-23(19)11-17(16)21(25)26-2/h3-7,16-17,19,22,24H,8-12H2,1-2H3/b13-3-. The van der Waals surface area contributed by atoms with Crippen LogP contribution in [0.4, 0.5) is 0 Å². The fraction of sp³-hybridized carbons (Fsp3) is 0.476. The second-order valence-corrected chi connectivity index (χ2v) is 7.32. The minimum atomic E-state index is -0.222. The molecule has 0 aliphatic carbocycles. The van der Waals surface area contributed by atoms with E-state index < -0.39 is 0 Å². The number of para-hydroxylation sites is 1. The Morgan fingerprint density at radius 1 is 1.38 bits per heavy atom. The average Bonchev–Trinajstić information content (AvgIpc) is 3.07. The van der Waals surface area contributed by atoms with E-state index >= 15 is 0 Å². The number of hydrogen-bond acceptors (Lipinski definition) is 4. The fourth-order valence-corrected chi connectivity index (χ4v) is 4.86. The molecular formula is C21H26N2O3. The van der Waals surface area contributed by atoms with Gasteiger partial charge in [0.1, 0.15) is 0 Å². The van der Waals surface area contributed by atoms with Crippen LogP contribution in [0.2, 0.25) is 0 Å². The number of carbonyl (C=O) groups is 1. The number of methoxy groups -OCH3 is 1. The Kier molecular flexibility index (Phi) is 4.59. The van der Waals surface area contributed by atoms with Gasteiger partial charge in [0, 0.05) is 29.7 Å². The molecule has 0 spiro atoms. The number of carbonyl (C=O) groups excluding carboxylic acids is 1. The molecule has 1 saturated heterocycles. The minimum Gasteiger partial charge on any atom is -0.469 e. The largest absolute Gasteiger partial charge is 0.469 e. The first-order valence-corrected chi connectivity index (χ1v) is 9.35. The number of H-pyrrole nitrogens is 1. The third kappa shape index (κ3) is 2.66. The third-order valence-electron chi connectivity index (χ3n) is 6.20. The number of aromatic amines is 1. The Bertz CT molecular complexity index is 854. The van der Waals surface area contributed by atoms with Crippen molar-refractivity contribution in [1.82, 2.24) is 9.88 Å². The first kappa shape index (κ1) is 17.3. The van der Waals surface area contributed by atoms with Crippen molar-refractivity contribution in [2.24, 2.45) is 11.8 Å². The zero-order chi connectivity index (χ0) is 18.3. The van der Waals surface area contributed by atoms with E-state index in [1.807, 2.05) is 13.0 Å². The molecule has 5 nitrogen and oxygen atoms in total. The van der Waals surface area contributed by atoms with E-state index in [0.717, 1.165) is 25.0 Å².